The minimum absolute atomic E-state index is 0.0725. The zero-order chi connectivity index (χ0) is 17.2. The summed E-state index contributed by atoms with van der Waals surface area (Å²) in [6, 6.07) is 2.47. The van der Waals surface area contributed by atoms with Crippen molar-refractivity contribution in [1.29, 1.82) is 0 Å². The zero-order valence-corrected chi connectivity index (χ0v) is 13.3. The van der Waals surface area contributed by atoms with Gasteiger partial charge in [0, 0.05) is 25.6 Å². The zero-order valence-electron chi connectivity index (χ0n) is 12.5. The molecule has 0 aromatic heterocycles. The van der Waals surface area contributed by atoms with Crippen LogP contribution in [-0.2, 0) is 14.8 Å². The van der Waals surface area contributed by atoms with Crippen LogP contribution in [0.3, 0.4) is 0 Å². The minimum atomic E-state index is -3.98. The fourth-order valence-corrected chi connectivity index (χ4v) is 3.73. The molecule has 0 aliphatic carbocycles. The van der Waals surface area contributed by atoms with Gasteiger partial charge in [-0.25, -0.2) is 17.9 Å². The molecule has 1 aliphatic rings. The lowest BCUT2D eigenvalue weighted by atomic mass is 10.2. The van der Waals surface area contributed by atoms with E-state index in [0.29, 0.717) is 6.54 Å². The summed E-state index contributed by atoms with van der Waals surface area (Å²) in [4.78, 5) is 24.1. The Bertz CT molecular complexity index is 731. The molecule has 0 radical (unpaired) electrons. The van der Waals surface area contributed by atoms with Crippen LogP contribution in [0.25, 0.3) is 0 Å². The molecule has 9 heteroatoms. The summed E-state index contributed by atoms with van der Waals surface area (Å²) in [5.74, 6) is -2.05. The molecular formula is C14H18N2O6S. The fourth-order valence-electron chi connectivity index (χ4n) is 2.48. The third kappa shape index (κ3) is 3.80. The van der Waals surface area contributed by atoms with Crippen molar-refractivity contribution in [3.63, 3.8) is 0 Å². The predicted octanol–water partition coefficient (Wildman–Crippen LogP) is 0.380. The van der Waals surface area contributed by atoms with E-state index in [4.69, 9.17) is 5.11 Å². The number of carboxylic acid groups (broad SMARTS) is 1. The second-order valence-electron chi connectivity index (χ2n) is 5.35. The molecule has 1 atom stereocenters. The molecule has 0 saturated carbocycles. The van der Waals surface area contributed by atoms with Crippen molar-refractivity contribution in [3.05, 3.63) is 23.8 Å². The van der Waals surface area contributed by atoms with Crippen molar-refractivity contribution < 1.29 is 28.2 Å². The Hall–Kier alpha value is -2.13. The number of likely N-dealkylation sites (tertiary alicyclic amines) is 1. The van der Waals surface area contributed by atoms with Gasteiger partial charge >= 0.3 is 5.97 Å². The summed E-state index contributed by atoms with van der Waals surface area (Å²) in [6.45, 7) is 2.78. The first kappa shape index (κ1) is 17.2. The first-order chi connectivity index (χ1) is 10.7. The van der Waals surface area contributed by atoms with Crippen molar-refractivity contribution in [3.8, 4) is 5.75 Å². The molecule has 1 amide bonds. The molecule has 0 spiro atoms. The number of benzene rings is 1. The molecule has 1 aliphatic heterocycles. The molecule has 0 bridgehead atoms. The number of carboxylic acids is 1. The lowest BCUT2D eigenvalue weighted by Crippen LogP contribution is -2.37. The molecule has 1 unspecified atom stereocenters. The fraction of sp³-hybridized carbons (Fsp3) is 0.429. The Kier molecular flexibility index (Phi) is 4.90. The lowest BCUT2D eigenvalue weighted by molar-refractivity contribution is -0.127. The number of nitrogens with zero attached hydrogens (tertiary/aromatic N) is 1. The van der Waals surface area contributed by atoms with Gasteiger partial charge in [-0.05, 0) is 24.6 Å². The third-order valence-electron chi connectivity index (χ3n) is 3.54. The van der Waals surface area contributed by atoms with Gasteiger partial charge in [0.2, 0.25) is 15.9 Å². The topological polar surface area (TPSA) is 124 Å². The number of aromatic hydroxyl groups is 1. The van der Waals surface area contributed by atoms with E-state index in [-0.39, 0.29) is 23.8 Å². The van der Waals surface area contributed by atoms with Crippen LogP contribution in [0.2, 0.25) is 0 Å². The molecule has 126 valence electrons. The molecule has 1 saturated heterocycles. The van der Waals surface area contributed by atoms with Crippen molar-refractivity contribution in [1.82, 2.24) is 9.62 Å². The van der Waals surface area contributed by atoms with Crippen molar-refractivity contribution >= 4 is 21.9 Å². The van der Waals surface area contributed by atoms with Crippen molar-refractivity contribution in [2.75, 3.05) is 13.1 Å². The van der Waals surface area contributed by atoms with Crippen LogP contribution in [-0.4, -0.2) is 54.5 Å². The standard InChI is InChI=1S/C14H18N2O6S/c1-2-5-16-8-9(6-13(16)18)15-23(21,22)10-3-4-12(17)11(7-10)14(19)20/h3-4,7,9,15,17H,2,5-6,8H2,1H3,(H,19,20). The number of hydrogen-bond donors (Lipinski definition) is 3. The van der Waals surface area contributed by atoms with Crippen LogP contribution in [0.4, 0.5) is 0 Å². The summed E-state index contributed by atoms with van der Waals surface area (Å²) in [5.41, 5.74) is -0.497. The van der Waals surface area contributed by atoms with Gasteiger partial charge in [0.25, 0.3) is 0 Å². The van der Waals surface area contributed by atoms with Crippen LogP contribution in [0, 0.1) is 0 Å². The van der Waals surface area contributed by atoms with Gasteiger partial charge in [-0.1, -0.05) is 6.92 Å². The predicted molar refractivity (Wildman–Crippen MR) is 80.7 cm³/mol. The van der Waals surface area contributed by atoms with Crippen LogP contribution < -0.4 is 4.72 Å². The first-order valence-electron chi connectivity index (χ1n) is 7.11. The van der Waals surface area contributed by atoms with Gasteiger partial charge in [0.1, 0.15) is 11.3 Å². The second-order valence-corrected chi connectivity index (χ2v) is 7.06. The van der Waals surface area contributed by atoms with Gasteiger partial charge in [0.05, 0.1) is 4.90 Å². The average molecular weight is 342 g/mol. The van der Waals surface area contributed by atoms with Crippen LogP contribution in [0.1, 0.15) is 30.1 Å². The van der Waals surface area contributed by atoms with E-state index in [1.54, 1.807) is 4.90 Å². The van der Waals surface area contributed by atoms with Crippen molar-refractivity contribution in [2.24, 2.45) is 0 Å². The molecule has 2 rings (SSSR count). The number of sulfonamides is 1. The van der Waals surface area contributed by atoms with E-state index in [0.717, 1.165) is 24.6 Å². The SMILES string of the molecule is CCCN1CC(NS(=O)(=O)c2ccc(O)c(C(=O)O)c2)CC1=O. The van der Waals surface area contributed by atoms with E-state index in [9.17, 15) is 23.1 Å². The number of carbonyl (C=O) groups excluding carboxylic acids is 1. The number of hydrogen-bond acceptors (Lipinski definition) is 5. The molecule has 1 aromatic carbocycles. The Labute approximate surface area is 133 Å². The Morgan fingerprint density at radius 3 is 2.74 bits per heavy atom. The van der Waals surface area contributed by atoms with Gasteiger partial charge < -0.3 is 15.1 Å². The molecule has 1 fully saturated rings. The van der Waals surface area contributed by atoms with Crippen LogP contribution in [0.5, 0.6) is 5.75 Å². The maximum atomic E-state index is 12.3. The highest BCUT2D eigenvalue weighted by molar-refractivity contribution is 7.89. The monoisotopic (exact) mass is 342 g/mol. The van der Waals surface area contributed by atoms with E-state index in [1.165, 1.54) is 0 Å². The number of amides is 1. The molecule has 23 heavy (non-hydrogen) atoms. The van der Waals surface area contributed by atoms with Gasteiger partial charge in [-0.3, -0.25) is 4.79 Å². The van der Waals surface area contributed by atoms with E-state index in [1.807, 2.05) is 6.92 Å². The number of phenols is 1. The molecule has 1 aromatic rings. The van der Waals surface area contributed by atoms with Gasteiger partial charge in [-0.2, -0.15) is 0 Å². The maximum absolute atomic E-state index is 12.3. The number of rotatable bonds is 6. The normalized spacial score (nSPS) is 18.4. The Morgan fingerprint density at radius 2 is 2.13 bits per heavy atom. The largest absolute Gasteiger partial charge is 0.507 e. The number of nitrogens with one attached hydrogen (secondary N) is 1. The van der Waals surface area contributed by atoms with Gasteiger partial charge in [0.15, 0.2) is 0 Å². The summed E-state index contributed by atoms with van der Waals surface area (Å²) < 4.78 is 27.1. The van der Waals surface area contributed by atoms with E-state index < -0.39 is 33.3 Å². The van der Waals surface area contributed by atoms with Crippen LogP contribution >= 0.6 is 0 Å². The quantitative estimate of drug-likeness (QED) is 0.686. The highest BCUT2D eigenvalue weighted by Gasteiger charge is 2.32. The highest BCUT2D eigenvalue weighted by Crippen LogP contribution is 2.22. The van der Waals surface area contributed by atoms with Crippen LogP contribution in [0.15, 0.2) is 23.1 Å². The van der Waals surface area contributed by atoms with Gasteiger partial charge in [-0.15, -0.1) is 0 Å². The first-order valence-corrected chi connectivity index (χ1v) is 8.59. The summed E-state index contributed by atoms with van der Waals surface area (Å²) in [5, 5.41) is 18.4. The lowest BCUT2D eigenvalue weighted by Gasteiger charge is -2.16. The summed E-state index contributed by atoms with van der Waals surface area (Å²) in [6.07, 6.45) is 0.855. The summed E-state index contributed by atoms with van der Waals surface area (Å²) >= 11 is 0. The van der Waals surface area contributed by atoms with E-state index >= 15 is 0 Å². The second kappa shape index (κ2) is 6.55. The molecule has 8 nitrogen and oxygen atoms in total. The minimum Gasteiger partial charge on any atom is -0.507 e. The highest BCUT2D eigenvalue weighted by atomic mass is 32.2. The third-order valence-corrected chi connectivity index (χ3v) is 5.06. The number of aromatic carboxylic acids is 1. The van der Waals surface area contributed by atoms with E-state index in [2.05, 4.69) is 4.72 Å². The maximum Gasteiger partial charge on any atom is 0.339 e. The number of carbonyl (C=O) groups is 2. The Balaban J connectivity index is 2.18. The smallest absolute Gasteiger partial charge is 0.339 e. The molecule has 1 heterocycles. The summed E-state index contributed by atoms with van der Waals surface area (Å²) in [7, 11) is -3.98. The van der Waals surface area contributed by atoms with Crippen molar-refractivity contribution in [2.45, 2.75) is 30.7 Å². The average Bonchev–Trinajstić information content (AvgIpc) is 2.78. The molecule has 3 N–H and O–H groups in total. The Morgan fingerprint density at radius 1 is 1.43 bits per heavy atom. The molecular weight excluding hydrogens is 324 g/mol.